The van der Waals surface area contributed by atoms with Crippen molar-refractivity contribution >= 4 is 108 Å². The Morgan fingerprint density at radius 3 is 1.87 bits per heavy atom. The third kappa shape index (κ3) is 5.19. The Kier molecular flexibility index (Phi) is 7.21. The summed E-state index contributed by atoms with van der Waals surface area (Å²) >= 11 is 1.81. The van der Waals surface area contributed by atoms with Crippen LogP contribution < -0.4 is 0 Å². The zero-order chi connectivity index (χ0) is 41.2. The summed E-state index contributed by atoms with van der Waals surface area (Å²) in [6, 6.07) is 69.1. The molecule has 0 spiro atoms. The van der Waals surface area contributed by atoms with Gasteiger partial charge in [-0.3, -0.25) is 0 Å². The molecule has 0 atom stereocenters. The monoisotopic (exact) mass is 820 g/mol. The molecule has 0 amide bonds. The van der Waals surface area contributed by atoms with Crippen LogP contribution in [0.15, 0.2) is 199 Å². The Morgan fingerprint density at radius 1 is 0.365 bits per heavy atom. The molecule has 0 radical (unpaired) electrons. The minimum Gasteiger partial charge on any atom is -0.455 e. The summed E-state index contributed by atoms with van der Waals surface area (Å²) in [7, 11) is 0. The van der Waals surface area contributed by atoms with Crippen LogP contribution in [-0.2, 0) is 0 Å². The van der Waals surface area contributed by atoms with Crippen molar-refractivity contribution in [3.63, 3.8) is 0 Å². The minimum atomic E-state index is 0.581. The summed E-state index contributed by atoms with van der Waals surface area (Å²) in [5.41, 5.74) is 7.52. The molecule has 0 aliphatic heterocycles. The van der Waals surface area contributed by atoms with Gasteiger partial charge in [0.05, 0.1) is 16.7 Å². The average molecular weight is 821 g/mol. The molecule has 6 heteroatoms. The van der Waals surface area contributed by atoms with Crippen molar-refractivity contribution in [2.24, 2.45) is 0 Å². The number of fused-ring (bicyclic) bond motifs is 13. The lowest BCUT2D eigenvalue weighted by molar-refractivity contribution is 0.672. The molecule has 14 rings (SSSR count). The van der Waals surface area contributed by atoms with Gasteiger partial charge in [-0.15, -0.1) is 11.3 Å². The van der Waals surface area contributed by atoms with Crippen LogP contribution in [0.4, 0.5) is 0 Å². The number of furan rings is 1. The highest BCUT2D eigenvalue weighted by molar-refractivity contribution is 7.25. The molecule has 0 aliphatic carbocycles. The lowest BCUT2D eigenvalue weighted by atomic mass is 10.0. The van der Waals surface area contributed by atoms with Gasteiger partial charge in [0.25, 0.3) is 0 Å². The zero-order valence-electron chi connectivity index (χ0n) is 33.6. The van der Waals surface area contributed by atoms with Crippen LogP contribution in [0.1, 0.15) is 0 Å². The van der Waals surface area contributed by atoms with E-state index in [2.05, 4.69) is 199 Å². The van der Waals surface area contributed by atoms with Crippen molar-refractivity contribution in [1.29, 1.82) is 0 Å². The maximum Gasteiger partial charge on any atom is 0.166 e. The van der Waals surface area contributed by atoms with Crippen LogP contribution in [0.3, 0.4) is 0 Å². The number of thiophene rings is 1. The smallest absolute Gasteiger partial charge is 0.166 e. The van der Waals surface area contributed by atoms with Crippen molar-refractivity contribution in [2.45, 2.75) is 0 Å². The van der Waals surface area contributed by atoms with Crippen molar-refractivity contribution in [3.8, 4) is 39.9 Å². The van der Waals surface area contributed by atoms with Crippen LogP contribution in [-0.4, -0.2) is 19.5 Å². The molecule has 14 aromatic rings. The predicted octanol–water partition coefficient (Wildman–Crippen LogP) is 15.7. The quantitative estimate of drug-likeness (QED) is 0.177. The average Bonchev–Trinajstić information content (AvgIpc) is 4.01. The zero-order valence-corrected chi connectivity index (χ0v) is 34.4. The fraction of sp³-hybridized carbons (Fsp3) is 0. The molecular weight excluding hydrogens is 789 g/mol. The molecule has 0 saturated heterocycles. The van der Waals surface area contributed by atoms with Gasteiger partial charge in [0, 0.05) is 69.9 Å². The fourth-order valence-corrected chi connectivity index (χ4v) is 10.9. The van der Waals surface area contributed by atoms with Gasteiger partial charge < -0.3 is 8.98 Å². The van der Waals surface area contributed by atoms with E-state index in [-0.39, 0.29) is 0 Å². The Bertz CT molecular complexity index is 4230. The van der Waals surface area contributed by atoms with E-state index in [4.69, 9.17) is 19.4 Å². The molecule has 4 aromatic heterocycles. The summed E-state index contributed by atoms with van der Waals surface area (Å²) < 4.78 is 11.8. The maximum atomic E-state index is 6.93. The van der Waals surface area contributed by atoms with E-state index >= 15 is 0 Å². The molecule has 63 heavy (non-hydrogen) atoms. The van der Waals surface area contributed by atoms with Gasteiger partial charge in [-0.1, -0.05) is 133 Å². The van der Waals surface area contributed by atoms with E-state index in [0.717, 1.165) is 76.9 Å². The van der Waals surface area contributed by atoms with Gasteiger partial charge >= 0.3 is 0 Å². The number of aromatic nitrogens is 4. The molecule has 0 unspecified atom stereocenters. The number of nitrogens with zero attached hydrogens (tertiary/aromatic N) is 4. The number of hydrogen-bond donors (Lipinski definition) is 0. The molecule has 10 aromatic carbocycles. The highest BCUT2D eigenvalue weighted by Gasteiger charge is 2.24. The summed E-state index contributed by atoms with van der Waals surface area (Å²) in [6.07, 6.45) is 0. The predicted molar refractivity (Wildman–Crippen MR) is 263 cm³/mol. The normalized spacial score (nSPS) is 12.1. The Hall–Kier alpha value is -8.19. The molecule has 0 saturated carbocycles. The van der Waals surface area contributed by atoms with Gasteiger partial charge in [-0.25, -0.2) is 15.0 Å². The lowest BCUT2D eigenvalue weighted by Crippen LogP contribution is -2.04. The van der Waals surface area contributed by atoms with Gasteiger partial charge in [0.2, 0.25) is 0 Å². The van der Waals surface area contributed by atoms with Crippen LogP contribution in [0.5, 0.6) is 0 Å². The molecule has 0 fully saturated rings. The first kappa shape index (κ1) is 34.5. The third-order valence-corrected chi connectivity index (χ3v) is 14.0. The van der Waals surface area contributed by atoms with E-state index in [9.17, 15) is 0 Å². The summed E-state index contributed by atoms with van der Waals surface area (Å²) in [5.74, 6) is 1.81. The van der Waals surface area contributed by atoms with E-state index in [0.29, 0.717) is 17.5 Å². The SMILES string of the molecule is c1ccc2cc3c(cc2c1)c1ccccc1n3-c1cc2oc3c4ccccc4ccc3c2cc1-c1nc(-c2ccc3sc4ccccc4c3c2)nc(-c2cccc3ccccc23)n1. The first-order chi connectivity index (χ1) is 31.2. The second-order valence-corrected chi connectivity index (χ2v) is 17.4. The molecule has 0 N–H and O–H groups in total. The lowest BCUT2D eigenvalue weighted by Gasteiger charge is -2.15. The Labute approximate surface area is 363 Å². The first-order valence-corrected chi connectivity index (χ1v) is 22.0. The van der Waals surface area contributed by atoms with Crippen molar-refractivity contribution < 1.29 is 4.42 Å². The van der Waals surface area contributed by atoms with E-state index in [1.807, 2.05) is 11.3 Å². The fourth-order valence-electron chi connectivity index (χ4n) is 9.85. The van der Waals surface area contributed by atoms with Crippen molar-refractivity contribution in [2.75, 3.05) is 0 Å². The van der Waals surface area contributed by atoms with E-state index in [1.54, 1.807) is 0 Å². The van der Waals surface area contributed by atoms with Crippen molar-refractivity contribution in [1.82, 2.24) is 19.5 Å². The topological polar surface area (TPSA) is 56.7 Å². The Balaban J connectivity index is 1.12. The van der Waals surface area contributed by atoms with Gasteiger partial charge in [0.1, 0.15) is 11.2 Å². The standard InChI is InChI=1S/C57H32N4OS/c1-2-15-36-30-49-44(28-35(36)14-1)40-19-7-9-22-48(40)61(49)50-32-51-45(42-26-24-34-13-4-6-18-39(34)54(42)62-51)31-47(50)57-59-55(37-25-27-53-46(29-37)41-20-8-10-23-52(41)63-53)58-56(60-57)43-21-11-16-33-12-3-5-17-38(33)43/h1-32H. The minimum absolute atomic E-state index is 0.581. The molecule has 292 valence electrons. The second-order valence-electron chi connectivity index (χ2n) is 16.3. The number of hydrogen-bond acceptors (Lipinski definition) is 5. The van der Waals surface area contributed by atoms with Gasteiger partial charge in [-0.2, -0.15) is 0 Å². The molecule has 0 bridgehead atoms. The number of rotatable bonds is 4. The van der Waals surface area contributed by atoms with Crippen LogP contribution >= 0.6 is 11.3 Å². The third-order valence-electron chi connectivity index (χ3n) is 12.8. The second kappa shape index (κ2) is 13.2. The number of para-hydroxylation sites is 1. The summed E-state index contributed by atoms with van der Waals surface area (Å²) in [5, 5.41) is 13.6. The van der Waals surface area contributed by atoms with E-state index in [1.165, 1.54) is 41.7 Å². The van der Waals surface area contributed by atoms with E-state index < -0.39 is 0 Å². The highest BCUT2D eigenvalue weighted by atomic mass is 32.1. The molecule has 5 nitrogen and oxygen atoms in total. The maximum absolute atomic E-state index is 6.93. The number of benzene rings is 10. The highest BCUT2D eigenvalue weighted by Crippen LogP contribution is 2.43. The van der Waals surface area contributed by atoms with Gasteiger partial charge in [-0.05, 0) is 81.5 Å². The molecule has 0 aliphatic rings. The van der Waals surface area contributed by atoms with Crippen LogP contribution in [0.2, 0.25) is 0 Å². The molecular formula is C57H32N4OS. The van der Waals surface area contributed by atoms with Crippen LogP contribution in [0.25, 0.3) is 136 Å². The van der Waals surface area contributed by atoms with Crippen LogP contribution in [0, 0.1) is 0 Å². The molecule has 4 heterocycles. The van der Waals surface area contributed by atoms with Crippen molar-refractivity contribution in [3.05, 3.63) is 194 Å². The van der Waals surface area contributed by atoms with Gasteiger partial charge in [0.15, 0.2) is 17.5 Å². The Morgan fingerprint density at radius 2 is 1.02 bits per heavy atom. The summed E-state index contributed by atoms with van der Waals surface area (Å²) in [6.45, 7) is 0. The summed E-state index contributed by atoms with van der Waals surface area (Å²) in [4.78, 5) is 16.3. The first-order valence-electron chi connectivity index (χ1n) is 21.2. The largest absolute Gasteiger partial charge is 0.455 e.